The Morgan fingerprint density at radius 2 is 1.15 bits per heavy atom. The molecule has 0 bridgehead atoms. The summed E-state index contributed by atoms with van der Waals surface area (Å²) in [6.45, 7) is 3.60. The predicted octanol–water partition coefficient (Wildman–Crippen LogP) is 3.66. The number of phenols is 2. The molecule has 26 heavy (non-hydrogen) atoms. The zero-order valence-electron chi connectivity index (χ0n) is 15.5. The lowest BCUT2D eigenvalue weighted by Gasteiger charge is -2.30. The van der Waals surface area contributed by atoms with E-state index in [1.54, 1.807) is 31.2 Å². The van der Waals surface area contributed by atoms with Crippen molar-refractivity contribution in [2.45, 2.75) is 51.7 Å². The second kappa shape index (κ2) is 9.60. The van der Waals surface area contributed by atoms with Crippen LogP contribution in [0.3, 0.4) is 0 Å². The molecule has 0 saturated carbocycles. The number of aliphatic hydroxyl groups excluding tert-OH is 2. The lowest BCUT2D eigenvalue weighted by atomic mass is 9.77. The fraction of sp³-hybridized carbons (Fsp3) is 0.455. The summed E-state index contributed by atoms with van der Waals surface area (Å²) in [6, 6.07) is 14.3. The summed E-state index contributed by atoms with van der Waals surface area (Å²) in [5.74, 6) is 0.706. The molecule has 2 aromatic rings. The van der Waals surface area contributed by atoms with Crippen molar-refractivity contribution >= 4 is 0 Å². The van der Waals surface area contributed by atoms with Crippen LogP contribution in [0.2, 0.25) is 0 Å². The summed E-state index contributed by atoms with van der Waals surface area (Å²) < 4.78 is 0. The van der Waals surface area contributed by atoms with E-state index in [1.165, 1.54) is 0 Å². The molecule has 0 amide bonds. The first kappa shape index (κ1) is 20.3. The van der Waals surface area contributed by atoms with Gasteiger partial charge < -0.3 is 20.4 Å². The van der Waals surface area contributed by atoms with Crippen molar-refractivity contribution in [1.82, 2.24) is 0 Å². The molecule has 4 N–H and O–H groups in total. The van der Waals surface area contributed by atoms with Gasteiger partial charge in [-0.15, -0.1) is 0 Å². The van der Waals surface area contributed by atoms with Gasteiger partial charge in [0, 0.05) is 0 Å². The van der Waals surface area contributed by atoms with Crippen molar-refractivity contribution in [3.8, 4) is 11.5 Å². The number of benzene rings is 2. The fourth-order valence-electron chi connectivity index (χ4n) is 3.49. The molecule has 2 rings (SSSR count). The van der Waals surface area contributed by atoms with E-state index in [2.05, 4.69) is 0 Å². The van der Waals surface area contributed by atoms with Crippen molar-refractivity contribution in [1.29, 1.82) is 0 Å². The smallest absolute Gasteiger partial charge is 0.115 e. The molecule has 0 saturated heterocycles. The third-order valence-electron chi connectivity index (χ3n) is 5.02. The van der Waals surface area contributed by atoms with E-state index in [4.69, 9.17) is 0 Å². The van der Waals surface area contributed by atoms with Crippen LogP contribution in [0, 0.1) is 11.8 Å². The Kier molecular flexibility index (Phi) is 7.49. The molecule has 2 aromatic carbocycles. The minimum absolute atomic E-state index is 0.0343. The lowest BCUT2D eigenvalue weighted by Crippen LogP contribution is -2.30. The highest BCUT2D eigenvalue weighted by Gasteiger charge is 2.26. The number of aromatic hydroxyl groups is 2. The van der Waals surface area contributed by atoms with Crippen molar-refractivity contribution in [2.75, 3.05) is 0 Å². The number of hydrogen-bond acceptors (Lipinski definition) is 4. The maximum Gasteiger partial charge on any atom is 0.115 e. The minimum atomic E-state index is -0.486. The van der Waals surface area contributed by atoms with Gasteiger partial charge in [0.2, 0.25) is 0 Å². The first-order chi connectivity index (χ1) is 12.3. The second-order valence-electron chi connectivity index (χ2n) is 7.33. The van der Waals surface area contributed by atoms with Gasteiger partial charge in [0.25, 0.3) is 0 Å². The first-order valence-electron chi connectivity index (χ1n) is 9.27. The number of aliphatic hydroxyl groups is 2. The van der Waals surface area contributed by atoms with E-state index in [0.717, 1.165) is 24.0 Å². The molecule has 0 aliphatic rings. The van der Waals surface area contributed by atoms with Gasteiger partial charge >= 0.3 is 0 Å². The molecule has 142 valence electrons. The van der Waals surface area contributed by atoms with E-state index in [-0.39, 0.29) is 29.4 Å². The summed E-state index contributed by atoms with van der Waals surface area (Å²) in [5.41, 5.74) is 2.18. The van der Waals surface area contributed by atoms with Crippen molar-refractivity contribution in [2.24, 2.45) is 11.8 Å². The monoisotopic (exact) mass is 358 g/mol. The molecule has 4 nitrogen and oxygen atoms in total. The number of rotatable bonds is 9. The largest absolute Gasteiger partial charge is 0.508 e. The van der Waals surface area contributed by atoms with Gasteiger partial charge in [-0.1, -0.05) is 24.3 Å². The Balaban J connectivity index is 2.19. The molecule has 0 fully saturated rings. The predicted molar refractivity (Wildman–Crippen MR) is 103 cm³/mol. The molecule has 4 atom stereocenters. The van der Waals surface area contributed by atoms with Crippen LogP contribution < -0.4 is 0 Å². The normalized spacial score (nSPS) is 16.0. The van der Waals surface area contributed by atoms with Crippen LogP contribution in [0.1, 0.15) is 37.8 Å². The highest BCUT2D eigenvalue weighted by atomic mass is 16.3. The standard InChI is InChI=1S/C22H30O4/c1-15(23)3-8-19(13-17-4-9-20(25)10-5-17)22(16(2)24)14-18-6-11-21(26)12-7-18/h4-7,9-12,15-16,19,22-26H,3,8,13-14H2,1-2H3/t15-,16-,19+,22-/m0/s1. The van der Waals surface area contributed by atoms with Crippen LogP contribution in [-0.4, -0.2) is 32.6 Å². The Hall–Kier alpha value is -2.04. The van der Waals surface area contributed by atoms with Gasteiger partial charge in [0.05, 0.1) is 12.2 Å². The molecule has 4 heteroatoms. The Morgan fingerprint density at radius 3 is 1.58 bits per heavy atom. The van der Waals surface area contributed by atoms with Crippen molar-refractivity contribution in [3.05, 3.63) is 59.7 Å². The summed E-state index contributed by atoms with van der Waals surface area (Å²) in [4.78, 5) is 0. The molecule has 0 heterocycles. The van der Waals surface area contributed by atoms with E-state index in [9.17, 15) is 20.4 Å². The van der Waals surface area contributed by atoms with E-state index < -0.39 is 6.10 Å². The Labute approximate surface area is 155 Å². The molecule has 0 aliphatic heterocycles. The van der Waals surface area contributed by atoms with E-state index in [1.807, 2.05) is 31.2 Å². The zero-order chi connectivity index (χ0) is 19.1. The van der Waals surface area contributed by atoms with E-state index in [0.29, 0.717) is 12.8 Å². The second-order valence-corrected chi connectivity index (χ2v) is 7.33. The third-order valence-corrected chi connectivity index (χ3v) is 5.02. The van der Waals surface area contributed by atoms with Crippen molar-refractivity contribution < 1.29 is 20.4 Å². The Morgan fingerprint density at radius 1 is 0.692 bits per heavy atom. The van der Waals surface area contributed by atoms with E-state index >= 15 is 0 Å². The van der Waals surface area contributed by atoms with Crippen molar-refractivity contribution in [3.63, 3.8) is 0 Å². The molecule has 0 spiro atoms. The highest BCUT2D eigenvalue weighted by molar-refractivity contribution is 5.27. The molecule has 0 radical (unpaired) electrons. The average Bonchev–Trinajstić information content (AvgIpc) is 2.59. The van der Waals surface area contributed by atoms with Gasteiger partial charge in [-0.2, -0.15) is 0 Å². The van der Waals surface area contributed by atoms with Gasteiger partial charge in [-0.3, -0.25) is 0 Å². The van der Waals surface area contributed by atoms with Gasteiger partial charge in [-0.05, 0) is 86.8 Å². The fourth-order valence-corrected chi connectivity index (χ4v) is 3.49. The molecular formula is C22H30O4. The van der Waals surface area contributed by atoms with Gasteiger partial charge in [0.1, 0.15) is 11.5 Å². The zero-order valence-corrected chi connectivity index (χ0v) is 15.5. The number of hydrogen-bond donors (Lipinski definition) is 4. The molecule has 0 unspecified atom stereocenters. The lowest BCUT2D eigenvalue weighted by molar-refractivity contribution is 0.0752. The molecule has 0 aromatic heterocycles. The van der Waals surface area contributed by atoms with Crippen LogP contribution in [0.15, 0.2) is 48.5 Å². The summed E-state index contributed by atoms with van der Waals surface area (Å²) in [7, 11) is 0. The minimum Gasteiger partial charge on any atom is -0.508 e. The Bertz CT molecular complexity index is 647. The van der Waals surface area contributed by atoms with Crippen LogP contribution in [0.5, 0.6) is 11.5 Å². The van der Waals surface area contributed by atoms with Crippen LogP contribution >= 0.6 is 0 Å². The third kappa shape index (κ3) is 6.36. The molecule has 0 aliphatic carbocycles. The van der Waals surface area contributed by atoms with Crippen LogP contribution in [0.25, 0.3) is 0 Å². The topological polar surface area (TPSA) is 80.9 Å². The average molecular weight is 358 g/mol. The number of phenolic OH excluding ortho intramolecular Hbond substituents is 2. The maximum atomic E-state index is 10.4. The van der Waals surface area contributed by atoms with Gasteiger partial charge in [-0.25, -0.2) is 0 Å². The summed E-state index contributed by atoms with van der Waals surface area (Å²) >= 11 is 0. The van der Waals surface area contributed by atoms with Crippen LogP contribution in [0.4, 0.5) is 0 Å². The summed E-state index contributed by atoms with van der Waals surface area (Å²) in [6.07, 6.45) is 2.12. The van der Waals surface area contributed by atoms with Crippen LogP contribution in [-0.2, 0) is 12.8 Å². The quantitative estimate of drug-likeness (QED) is 0.551. The van der Waals surface area contributed by atoms with Gasteiger partial charge in [0.15, 0.2) is 0 Å². The molecular weight excluding hydrogens is 328 g/mol. The highest BCUT2D eigenvalue weighted by Crippen LogP contribution is 2.30. The summed E-state index contributed by atoms with van der Waals surface area (Å²) in [5, 5.41) is 39.1. The maximum absolute atomic E-state index is 10.4. The SMILES string of the molecule is C[C@H](O)CC[C@H](Cc1ccc(O)cc1)[C@@H](Cc1ccc(O)cc1)[C@H](C)O. The first-order valence-corrected chi connectivity index (χ1v) is 9.27.